The molecule has 0 bridgehead atoms. The van der Waals surface area contributed by atoms with E-state index in [1.807, 2.05) is 13.8 Å². The van der Waals surface area contributed by atoms with Crippen LogP contribution in [0.2, 0.25) is 5.02 Å². The molecule has 2 fully saturated rings. The molecule has 1 aliphatic carbocycles. The zero-order valence-corrected chi connectivity index (χ0v) is 19.3. The van der Waals surface area contributed by atoms with Crippen LogP contribution in [0.15, 0.2) is 18.3 Å². The van der Waals surface area contributed by atoms with Crippen molar-refractivity contribution in [3.05, 3.63) is 28.9 Å². The summed E-state index contributed by atoms with van der Waals surface area (Å²) in [6.07, 6.45) is 2.78. The number of hydrogen-bond donors (Lipinski definition) is 3. The molecule has 9 heteroatoms. The van der Waals surface area contributed by atoms with Crippen LogP contribution in [0.1, 0.15) is 64.0 Å². The van der Waals surface area contributed by atoms with Gasteiger partial charge in [-0.25, -0.2) is 13.6 Å². The monoisotopic (exact) mass is 468 g/mol. The smallest absolute Gasteiger partial charge is 0.317 e. The van der Waals surface area contributed by atoms with Crippen molar-refractivity contribution in [3.63, 3.8) is 0 Å². The second-order valence-corrected chi connectivity index (χ2v) is 10.3. The second kappa shape index (κ2) is 8.78. The topological polar surface area (TPSA) is 81.3 Å². The molecule has 2 aliphatic rings. The summed E-state index contributed by atoms with van der Waals surface area (Å²) in [6.45, 7) is 5.25. The summed E-state index contributed by atoms with van der Waals surface area (Å²) in [4.78, 5) is 14.4. The third-order valence-electron chi connectivity index (χ3n) is 7.43. The van der Waals surface area contributed by atoms with Gasteiger partial charge in [-0.2, -0.15) is 5.10 Å². The van der Waals surface area contributed by atoms with E-state index in [4.69, 9.17) is 11.6 Å². The number of aromatic amines is 1. The van der Waals surface area contributed by atoms with Crippen molar-refractivity contribution in [2.75, 3.05) is 13.1 Å². The van der Waals surface area contributed by atoms with E-state index < -0.39 is 17.4 Å². The lowest BCUT2D eigenvalue weighted by Crippen LogP contribution is -2.50. The molecule has 3 N–H and O–H groups in total. The Labute approximate surface area is 191 Å². The van der Waals surface area contributed by atoms with E-state index >= 15 is 0 Å². The molecular formula is C23H31ClF2N4O2. The van der Waals surface area contributed by atoms with Gasteiger partial charge in [0.05, 0.1) is 17.8 Å². The Bertz CT molecular complexity index is 962. The number of amides is 2. The minimum Gasteiger partial charge on any atom is -0.388 e. The number of piperidine rings is 1. The minimum atomic E-state index is -2.60. The van der Waals surface area contributed by atoms with Gasteiger partial charge in [-0.3, -0.25) is 5.10 Å². The van der Waals surface area contributed by atoms with E-state index in [0.29, 0.717) is 31.0 Å². The number of rotatable bonds is 4. The largest absolute Gasteiger partial charge is 0.388 e. The van der Waals surface area contributed by atoms with Crippen LogP contribution in [0.4, 0.5) is 13.6 Å². The highest BCUT2D eigenvalue weighted by atomic mass is 35.5. The quantitative estimate of drug-likeness (QED) is 0.571. The van der Waals surface area contributed by atoms with Crippen molar-refractivity contribution >= 4 is 28.5 Å². The molecule has 1 unspecified atom stereocenters. The lowest BCUT2D eigenvalue weighted by atomic mass is 9.68. The Hall–Kier alpha value is -1.93. The average molecular weight is 469 g/mol. The molecule has 6 nitrogen and oxygen atoms in total. The van der Waals surface area contributed by atoms with Crippen LogP contribution in [0, 0.1) is 11.3 Å². The molecule has 1 atom stereocenters. The van der Waals surface area contributed by atoms with Crippen molar-refractivity contribution in [2.45, 2.75) is 70.4 Å². The van der Waals surface area contributed by atoms with Crippen molar-refractivity contribution in [2.24, 2.45) is 11.3 Å². The van der Waals surface area contributed by atoms with Crippen LogP contribution in [0.3, 0.4) is 0 Å². The summed E-state index contributed by atoms with van der Waals surface area (Å²) in [5.74, 6) is -2.40. The molecule has 2 heterocycles. The van der Waals surface area contributed by atoms with Crippen molar-refractivity contribution in [1.82, 2.24) is 20.4 Å². The molecule has 1 saturated heterocycles. The van der Waals surface area contributed by atoms with Gasteiger partial charge in [0.1, 0.15) is 0 Å². The van der Waals surface area contributed by atoms with Gasteiger partial charge < -0.3 is 15.3 Å². The Morgan fingerprint density at radius 3 is 2.59 bits per heavy atom. The van der Waals surface area contributed by atoms with Crippen molar-refractivity contribution in [1.29, 1.82) is 0 Å². The van der Waals surface area contributed by atoms with Gasteiger partial charge in [-0.05, 0) is 54.7 Å². The first-order chi connectivity index (χ1) is 15.1. The van der Waals surface area contributed by atoms with Gasteiger partial charge in [0.25, 0.3) is 0 Å². The first kappa shape index (κ1) is 23.2. The number of H-pyrrole nitrogens is 1. The van der Waals surface area contributed by atoms with Gasteiger partial charge in [0.2, 0.25) is 5.92 Å². The first-order valence-electron chi connectivity index (χ1n) is 11.3. The molecule has 0 spiro atoms. The number of nitrogens with one attached hydrogen (secondary N) is 2. The Morgan fingerprint density at radius 2 is 1.94 bits per heavy atom. The van der Waals surface area contributed by atoms with Crippen molar-refractivity contribution in [3.8, 4) is 0 Å². The number of carbonyl (C=O) groups is 1. The van der Waals surface area contributed by atoms with E-state index in [0.717, 1.165) is 29.3 Å². The normalized spacial score (nSPS) is 21.6. The zero-order chi connectivity index (χ0) is 23.1. The van der Waals surface area contributed by atoms with Gasteiger partial charge in [-0.15, -0.1) is 0 Å². The molecular weight excluding hydrogens is 438 g/mol. The maximum atomic E-state index is 13.3. The number of hydrogen-bond acceptors (Lipinski definition) is 3. The molecule has 2 aromatic rings. The SMILES string of the molecule is CC(C)(C1CCN(C(=O)NC2CCC(F)(F)CC2)CC1)C(O)c1cc(Cl)cc2[nH]ncc12. The molecule has 1 aromatic heterocycles. The summed E-state index contributed by atoms with van der Waals surface area (Å²) in [5.41, 5.74) is 1.10. The zero-order valence-electron chi connectivity index (χ0n) is 18.5. The van der Waals surface area contributed by atoms with Crippen LogP contribution in [-0.4, -0.2) is 51.3 Å². The third kappa shape index (κ3) is 4.71. The number of aliphatic hydroxyl groups is 1. The van der Waals surface area contributed by atoms with E-state index in [2.05, 4.69) is 15.5 Å². The summed E-state index contributed by atoms with van der Waals surface area (Å²) in [6, 6.07) is 3.23. The number of aromatic nitrogens is 2. The van der Waals surface area contributed by atoms with Crippen molar-refractivity contribution < 1.29 is 18.7 Å². The lowest BCUT2D eigenvalue weighted by molar-refractivity contribution is -0.0402. The number of aliphatic hydroxyl groups excluding tert-OH is 1. The van der Waals surface area contributed by atoms with Crippen LogP contribution < -0.4 is 5.32 Å². The lowest BCUT2D eigenvalue weighted by Gasteiger charge is -2.43. The number of fused-ring (bicyclic) bond motifs is 1. The predicted octanol–water partition coefficient (Wildman–Crippen LogP) is 5.28. The van der Waals surface area contributed by atoms with E-state index in [1.165, 1.54) is 0 Å². The Kier molecular flexibility index (Phi) is 6.38. The summed E-state index contributed by atoms with van der Waals surface area (Å²) in [5, 5.41) is 22.6. The second-order valence-electron chi connectivity index (χ2n) is 9.89. The number of carbonyl (C=O) groups excluding carboxylic acids is 1. The van der Waals surface area contributed by atoms with E-state index in [9.17, 15) is 18.7 Å². The van der Waals surface area contributed by atoms with Crippen LogP contribution >= 0.6 is 11.6 Å². The fraction of sp³-hybridized carbons (Fsp3) is 0.652. The number of likely N-dealkylation sites (tertiary alicyclic amines) is 1. The average Bonchev–Trinajstić information content (AvgIpc) is 3.22. The molecule has 176 valence electrons. The van der Waals surface area contributed by atoms with Gasteiger partial charge in [-0.1, -0.05) is 25.4 Å². The van der Waals surface area contributed by atoms with Crippen LogP contribution in [-0.2, 0) is 0 Å². The number of halogens is 3. The summed E-state index contributed by atoms with van der Waals surface area (Å²) >= 11 is 6.26. The van der Waals surface area contributed by atoms with Crippen LogP contribution in [0.5, 0.6) is 0 Å². The van der Waals surface area contributed by atoms with Gasteiger partial charge >= 0.3 is 6.03 Å². The highest BCUT2D eigenvalue weighted by molar-refractivity contribution is 6.31. The number of nitrogens with zero attached hydrogens (tertiary/aromatic N) is 2. The molecule has 2 amide bonds. The number of benzene rings is 1. The minimum absolute atomic E-state index is 0.167. The fourth-order valence-corrected chi connectivity index (χ4v) is 5.40. The summed E-state index contributed by atoms with van der Waals surface area (Å²) in [7, 11) is 0. The highest BCUT2D eigenvalue weighted by Crippen LogP contribution is 2.46. The Morgan fingerprint density at radius 1 is 1.28 bits per heavy atom. The third-order valence-corrected chi connectivity index (χ3v) is 7.65. The highest BCUT2D eigenvalue weighted by Gasteiger charge is 2.41. The van der Waals surface area contributed by atoms with Gasteiger partial charge in [0.15, 0.2) is 0 Å². The number of urea groups is 1. The molecule has 1 aromatic carbocycles. The maximum Gasteiger partial charge on any atom is 0.317 e. The van der Waals surface area contributed by atoms with Crippen LogP contribution in [0.25, 0.3) is 10.9 Å². The number of alkyl halides is 2. The Balaban J connectivity index is 1.36. The molecule has 0 radical (unpaired) electrons. The predicted molar refractivity (Wildman–Crippen MR) is 120 cm³/mol. The molecule has 32 heavy (non-hydrogen) atoms. The van der Waals surface area contributed by atoms with Gasteiger partial charge in [0, 0.05) is 42.4 Å². The van der Waals surface area contributed by atoms with E-state index in [1.54, 1.807) is 23.2 Å². The maximum absolute atomic E-state index is 13.3. The fourth-order valence-electron chi connectivity index (χ4n) is 5.17. The first-order valence-corrected chi connectivity index (χ1v) is 11.7. The molecule has 4 rings (SSSR count). The van der Waals surface area contributed by atoms with E-state index in [-0.39, 0.29) is 30.8 Å². The molecule has 1 aliphatic heterocycles. The standard InChI is InChI=1S/C23H31ClF2N4O2/c1-22(2,20(31)17-11-15(24)12-19-18(17)13-27-29-19)14-5-9-30(10-6-14)21(32)28-16-3-7-23(25,26)8-4-16/h11-14,16,20,31H,3-10H2,1-2H3,(H,27,29)(H,28,32). The summed E-state index contributed by atoms with van der Waals surface area (Å²) < 4.78 is 26.7. The molecule has 1 saturated carbocycles.